The molecule has 1 aromatic heterocycles. The van der Waals surface area contributed by atoms with Crippen LogP contribution in [0.4, 0.5) is 0 Å². The molecule has 0 unspecified atom stereocenters. The Morgan fingerprint density at radius 1 is 1.47 bits per heavy atom. The van der Waals surface area contributed by atoms with Crippen LogP contribution in [-0.2, 0) is 22.5 Å². The van der Waals surface area contributed by atoms with Crippen molar-refractivity contribution >= 4 is 5.91 Å². The van der Waals surface area contributed by atoms with E-state index in [0.717, 1.165) is 38.2 Å². The van der Waals surface area contributed by atoms with Gasteiger partial charge >= 0.3 is 0 Å². The van der Waals surface area contributed by atoms with Crippen molar-refractivity contribution in [2.45, 2.75) is 38.8 Å². The van der Waals surface area contributed by atoms with E-state index in [1.54, 1.807) is 6.20 Å². The van der Waals surface area contributed by atoms with Crippen molar-refractivity contribution in [1.82, 2.24) is 15.6 Å². The van der Waals surface area contributed by atoms with Gasteiger partial charge in [0.15, 0.2) is 0 Å². The third kappa shape index (κ3) is 4.65. The Hall–Kier alpha value is -1.40. The fraction of sp³-hybridized carbons (Fsp3) is 0.692. The molecule has 1 aliphatic rings. The summed E-state index contributed by atoms with van der Waals surface area (Å²) in [6.45, 7) is 4.23. The Morgan fingerprint density at radius 2 is 2.26 bits per heavy atom. The first kappa shape index (κ1) is 14.0. The zero-order valence-electron chi connectivity index (χ0n) is 11.3. The van der Waals surface area contributed by atoms with E-state index in [1.807, 2.05) is 6.92 Å². The lowest BCUT2D eigenvalue weighted by Crippen LogP contribution is -2.42. The van der Waals surface area contributed by atoms with Crippen molar-refractivity contribution in [2.75, 3.05) is 19.8 Å². The summed E-state index contributed by atoms with van der Waals surface area (Å²) >= 11 is 0. The molecule has 6 heteroatoms. The fourth-order valence-corrected chi connectivity index (χ4v) is 2.00. The normalized spacial score (nSPS) is 16.5. The highest BCUT2D eigenvalue weighted by Crippen LogP contribution is 2.06. The summed E-state index contributed by atoms with van der Waals surface area (Å²) in [4.78, 5) is 15.8. The molecule has 0 radical (unpaired) electrons. The van der Waals surface area contributed by atoms with Gasteiger partial charge in [0.2, 0.25) is 11.8 Å². The first-order valence-electron chi connectivity index (χ1n) is 6.79. The van der Waals surface area contributed by atoms with E-state index in [0.29, 0.717) is 12.4 Å². The molecule has 1 aromatic rings. The Morgan fingerprint density at radius 3 is 2.95 bits per heavy atom. The third-order valence-electron chi connectivity index (χ3n) is 3.10. The molecule has 0 atom stereocenters. The van der Waals surface area contributed by atoms with Crippen molar-refractivity contribution in [3.63, 3.8) is 0 Å². The maximum Gasteiger partial charge on any atom is 0.234 e. The van der Waals surface area contributed by atoms with Crippen molar-refractivity contribution in [3.8, 4) is 0 Å². The predicted molar refractivity (Wildman–Crippen MR) is 69.6 cm³/mol. The predicted octanol–water partition coefficient (Wildman–Crippen LogP) is 0.622. The van der Waals surface area contributed by atoms with Gasteiger partial charge in [0.05, 0.1) is 19.3 Å². The van der Waals surface area contributed by atoms with Crippen LogP contribution >= 0.6 is 0 Å². The average Bonchev–Trinajstić information content (AvgIpc) is 2.88. The van der Waals surface area contributed by atoms with Crippen molar-refractivity contribution < 1.29 is 13.9 Å². The number of aromatic nitrogens is 1. The number of nitrogens with one attached hydrogen (secondary N) is 2. The number of rotatable bonds is 6. The average molecular weight is 267 g/mol. The van der Waals surface area contributed by atoms with Gasteiger partial charge in [-0.25, -0.2) is 4.98 Å². The van der Waals surface area contributed by atoms with Crippen LogP contribution in [0.5, 0.6) is 0 Å². The molecule has 0 aliphatic carbocycles. The quantitative estimate of drug-likeness (QED) is 0.790. The van der Waals surface area contributed by atoms with Crippen LogP contribution in [0.3, 0.4) is 0 Å². The molecule has 106 valence electrons. The lowest BCUT2D eigenvalue weighted by atomic mass is 10.1. The highest BCUT2D eigenvalue weighted by Gasteiger charge is 2.15. The summed E-state index contributed by atoms with van der Waals surface area (Å²) in [7, 11) is 0. The number of ether oxygens (including phenoxy) is 1. The molecule has 1 aliphatic heterocycles. The van der Waals surface area contributed by atoms with Gasteiger partial charge in [-0.15, -0.1) is 0 Å². The Balaban J connectivity index is 1.63. The Labute approximate surface area is 112 Å². The maximum absolute atomic E-state index is 11.7. The van der Waals surface area contributed by atoms with E-state index in [9.17, 15) is 4.79 Å². The molecule has 2 N–H and O–H groups in total. The lowest BCUT2D eigenvalue weighted by molar-refractivity contribution is -0.121. The summed E-state index contributed by atoms with van der Waals surface area (Å²) in [5.41, 5.74) is 0. The molecule has 1 amide bonds. The van der Waals surface area contributed by atoms with Crippen LogP contribution in [0.1, 0.15) is 31.4 Å². The third-order valence-corrected chi connectivity index (χ3v) is 3.10. The first-order valence-corrected chi connectivity index (χ1v) is 6.79. The highest BCUT2D eigenvalue weighted by molar-refractivity contribution is 5.78. The fourth-order valence-electron chi connectivity index (χ4n) is 2.00. The number of nitrogens with zero attached hydrogens (tertiary/aromatic N) is 1. The zero-order valence-corrected chi connectivity index (χ0v) is 11.3. The number of carbonyl (C=O) groups is 1. The molecular weight excluding hydrogens is 246 g/mol. The van der Waals surface area contributed by atoms with Crippen molar-refractivity contribution in [2.24, 2.45) is 0 Å². The highest BCUT2D eigenvalue weighted by atomic mass is 16.5. The summed E-state index contributed by atoms with van der Waals surface area (Å²) in [5.74, 6) is 1.49. The van der Waals surface area contributed by atoms with Crippen molar-refractivity contribution in [1.29, 1.82) is 0 Å². The molecule has 19 heavy (non-hydrogen) atoms. The smallest absolute Gasteiger partial charge is 0.234 e. The van der Waals surface area contributed by atoms with Gasteiger partial charge in [0.1, 0.15) is 5.76 Å². The Kier molecular flexibility index (Phi) is 5.35. The number of hydrogen-bond donors (Lipinski definition) is 2. The number of amides is 1. The SMILES string of the molecule is CCc1cnc(CNCC(=O)NC2CCOCC2)o1. The molecule has 6 nitrogen and oxygen atoms in total. The van der Waals surface area contributed by atoms with E-state index >= 15 is 0 Å². The molecule has 0 spiro atoms. The van der Waals surface area contributed by atoms with E-state index in [2.05, 4.69) is 15.6 Å². The molecule has 0 aromatic carbocycles. The van der Waals surface area contributed by atoms with Crippen LogP contribution in [0, 0.1) is 0 Å². The summed E-state index contributed by atoms with van der Waals surface area (Å²) in [6.07, 6.45) is 4.34. The van der Waals surface area contributed by atoms with E-state index in [4.69, 9.17) is 9.15 Å². The molecule has 2 rings (SSSR count). The van der Waals surface area contributed by atoms with Gasteiger partial charge in [-0.3, -0.25) is 10.1 Å². The van der Waals surface area contributed by atoms with Gasteiger partial charge in [0.25, 0.3) is 0 Å². The molecule has 1 saturated heterocycles. The molecule has 1 fully saturated rings. The minimum absolute atomic E-state index is 0.00849. The van der Waals surface area contributed by atoms with Crippen LogP contribution in [0.2, 0.25) is 0 Å². The van der Waals surface area contributed by atoms with Gasteiger partial charge in [-0.1, -0.05) is 6.92 Å². The first-order chi connectivity index (χ1) is 9.28. The van der Waals surface area contributed by atoms with Gasteiger partial charge in [-0.2, -0.15) is 0 Å². The second-order valence-electron chi connectivity index (χ2n) is 4.63. The zero-order chi connectivity index (χ0) is 13.5. The number of carbonyl (C=O) groups excluding carboxylic acids is 1. The maximum atomic E-state index is 11.7. The van der Waals surface area contributed by atoms with Crippen LogP contribution in [0.25, 0.3) is 0 Å². The number of aryl methyl sites for hydroxylation is 1. The molecule has 2 heterocycles. The van der Waals surface area contributed by atoms with Crippen LogP contribution in [-0.4, -0.2) is 36.7 Å². The molecule has 0 bridgehead atoms. The lowest BCUT2D eigenvalue weighted by Gasteiger charge is -2.23. The standard InChI is InChI=1S/C13H21N3O3/c1-2-11-7-15-13(19-11)9-14-8-12(17)16-10-3-5-18-6-4-10/h7,10,14H,2-6,8-9H2,1H3,(H,16,17). The van der Waals surface area contributed by atoms with Gasteiger partial charge < -0.3 is 14.5 Å². The number of oxazole rings is 1. The van der Waals surface area contributed by atoms with Crippen LogP contribution < -0.4 is 10.6 Å². The minimum atomic E-state index is 0.00849. The topological polar surface area (TPSA) is 76.4 Å². The molecule has 0 saturated carbocycles. The second-order valence-corrected chi connectivity index (χ2v) is 4.63. The summed E-state index contributed by atoms with van der Waals surface area (Å²) in [6, 6.07) is 0.247. The largest absolute Gasteiger partial charge is 0.444 e. The van der Waals surface area contributed by atoms with E-state index in [1.165, 1.54) is 0 Å². The van der Waals surface area contributed by atoms with Gasteiger partial charge in [0, 0.05) is 25.7 Å². The number of hydrogen-bond acceptors (Lipinski definition) is 5. The van der Waals surface area contributed by atoms with E-state index < -0.39 is 0 Å². The Bertz CT molecular complexity index is 400. The van der Waals surface area contributed by atoms with E-state index in [-0.39, 0.29) is 18.5 Å². The van der Waals surface area contributed by atoms with Crippen LogP contribution in [0.15, 0.2) is 10.6 Å². The summed E-state index contributed by atoms with van der Waals surface area (Å²) < 4.78 is 10.7. The van der Waals surface area contributed by atoms with Crippen molar-refractivity contribution in [3.05, 3.63) is 17.8 Å². The monoisotopic (exact) mass is 267 g/mol. The minimum Gasteiger partial charge on any atom is -0.444 e. The second kappa shape index (κ2) is 7.25. The summed E-state index contributed by atoms with van der Waals surface area (Å²) in [5, 5.41) is 6.02. The molecular formula is C13H21N3O3. The van der Waals surface area contributed by atoms with Gasteiger partial charge in [-0.05, 0) is 12.8 Å².